The molecule has 1 unspecified atom stereocenters. The maximum Gasteiger partial charge on any atom is 0.471 e. The van der Waals surface area contributed by atoms with E-state index in [1.165, 1.54) is 54.8 Å². The molecule has 136 valence electrons. The minimum absolute atomic E-state index is 0.222. The summed E-state index contributed by atoms with van der Waals surface area (Å²) in [5.74, 6) is -2.19. The van der Waals surface area contributed by atoms with Crippen molar-refractivity contribution in [2.45, 2.75) is 11.1 Å². The van der Waals surface area contributed by atoms with E-state index >= 15 is 0 Å². The number of halogens is 4. The Morgan fingerprint density at radius 3 is 2.42 bits per heavy atom. The molecule has 26 heavy (non-hydrogen) atoms. The SMILES string of the molecule is CS(=O)(=Nc1cccc(-c2noc(C(F)(F)F)n2)c1)c1ccc(F)cc1. The Bertz CT molecular complexity index is 1050. The lowest BCUT2D eigenvalue weighted by Gasteiger charge is -2.05. The molecule has 0 aliphatic carbocycles. The molecule has 1 heterocycles. The number of hydrogen-bond acceptors (Lipinski definition) is 5. The second kappa shape index (κ2) is 6.52. The Balaban J connectivity index is 1.98. The normalized spacial score (nSPS) is 14.0. The Morgan fingerprint density at radius 2 is 1.81 bits per heavy atom. The van der Waals surface area contributed by atoms with Gasteiger partial charge in [-0.25, -0.2) is 8.60 Å². The second-order valence-electron chi connectivity index (χ2n) is 5.32. The van der Waals surface area contributed by atoms with Crippen molar-refractivity contribution in [1.29, 1.82) is 0 Å². The first kappa shape index (κ1) is 18.1. The third kappa shape index (κ3) is 3.90. The van der Waals surface area contributed by atoms with Crippen LogP contribution in [-0.4, -0.2) is 20.6 Å². The smallest absolute Gasteiger partial charge is 0.329 e. The van der Waals surface area contributed by atoms with Crippen molar-refractivity contribution in [2.24, 2.45) is 4.36 Å². The Morgan fingerprint density at radius 1 is 1.12 bits per heavy atom. The zero-order valence-corrected chi connectivity index (χ0v) is 14.0. The van der Waals surface area contributed by atoms with Gasteiger partial charge in [0.25, 0.3) is 0 Å². The molecule has 0 radical (unpaired) electrons. The first-order valence-corrected chi connectivity index (χ1v) is 9.06. The van der Waals surface area contributed by atoms with Gasteiger partial charge in [-0.1, -0.05) is 17.3 Å². The van der Waals surface area contributed by atoms with Gasteiger partial charge < -0.3 is 4.52 Å². The molecule has 0 amide bonds. The van der Waals surface area contributed by atoms with Crippen LogP contribution >= 0.6 is 0 Å². The molecule has 2 aromatic carbocycles. The quantitative estimate of drug-likeness (QED) is 0.614. The van der Waals surface area contributed by atoms with Crippen molar-refractivity contribution in [3.63, 3.8) is 0 Å². The number of aromatic nitrogens is 2. The van der Waals surface area contributed by atoms with Gasteiger partial charge in [0, 0.05) is 16.7 Å². The van der Waals surface area contributed by atoms with E-state index < -0.39 is 27.6 Å². The summed E-state index contributed by atoms with van der Waals surface area (Å²) in [6.07, 6.45) is -3.36. The van der Waals surface area contributed by atoms with Crippen molar-refractivity contribution >= 4 is 15.4 Å². The van der Waals surface area contributed by atoms with E-state index in [1.807, 2.05) is 0 Å². The van der Waals surface area contributed by atoms with Crippen LogP contribution in [0.4, 0.5) is 23.2 Å². The van der Waals surface area contributed by atoms with Gasteiger partial charge in [-0.2, -0.15) is 22.5 Å². The molecule has 0 saturated heterocycles. The molecule has 0 bridgehead atoms. The second-order valence-corrected chi connectivity index (χ2v) is 7.58. The predicted octanol–water partition coefficient (Wildman–Crippen LogP) is 4.68. The van der Waals surface area contributed by atoms with Crippen LogP contribution in [0.25, 0.3) is 11.4 Å². The van der Waals surface area contributed by atoms with E-state index in [0.717, 1.165) is 0 Å². The molecule has 1 aromatic heterocycles. The largest absolute Gasteiger partial charge is 0.471 e. The van der Waals surface area contributed by atoms with Gasteiger partial charge in [0.15, 0.2) is 0 Å². The van der Waals surface area contributed by atoms with Crippen molar-refractivity contribution in [3.05, 3.63) is 60.2 Å². The van der Waals surface area contributed by atoms with Gasteiger partial charge in [0.1, 0.15) is 5.82 Å². The first-order valence-electron chi connectivity index (χ1n) is 7.14. The van der Waals surface area contributed by atoms with Crippen LogP contribution in [0.5, 0.6) is 0 Å². The molecule has 0 aliphatic rings. The molecular weight excluding hydrogens is 374 g/mol. The predicted molar refractivity (Wildman–Crippen MR) is 85.6 cm³/mol. The molecule has 0 spiro atoms. The lowest BCUT2D eigenvalue weighted by Crippen LogP contribution is -2.04. The molecule has 0 N–H and O–H groups in total. The number of alkyl halides is 3. The fourth-order valence-corrected chi connectivity index (χ4v) is 3.36. The molecule has 0 fully saturated rings. The van der Waals surface area contributed by atoms with E-state index in [-0.39, 0.29) is 17.1 Å². The van der Waals surface area contributed by atoms with Crippen LogP contribution in [0.15, 0.2) is 62.3 Å². The van der Waals surface area contributed by atoms with Crippen LogP contribution in [0.3, 0.4) is 0 Å². The summed E-state index contributed by atoms with van der Waals surface area (Å²) in [4.78, 5) is 3.62. The number of nitrogens with zero attached hydrogens (tertiary/aromatic N) is 3. The van der Waals surface area contributed by atoms with Crippen molar-refractivity contribution in [1.82, 2.24) is 10.1 Å². The molecule has 0 saturated carbocycles. The average Bonchev–Trinajstić information content (AvgIpc) is 3.05. The molecule has 3 aromatic rings. The minimum atomic E-state index is -4.74. The zero-order chi connectivity index (χ0) is 18.9. The summed E-state index contributed by atoms with van der Waals surface area (Å²) in [7, 11) is -2.88. The molecule has 1 atom stereocenters. The number of benzene rings is 2. The zero-order valence-electron chi connectivity index (χ0n) is 13.2. The Labute approximate surface area is 145 Å². The highest BCUT2D eigenvalue weighted by atomic mass is 32.2. The third-order valence-corrected chi connectivity index (χ3v) is 5.01. The molecule has 0 aliphatic heterocycles. The summed E-state index contributed by atoms with van der Waals surface area (Å²) >= 11 is 0. The van der Waals surface area contributed by atoms with Gasteiger partial charge in [-0.05, 0) is 36.4 Å². The summed E-state index contributed by atoms with van der Waals surface area (Å²) in [6, 6.07) is 11.0. The van der Waals surface area contributed by atoms with Crippen LogP contribution in [0.2, 0.25) is 0 Å². The summed E-state index contributed by atoms with van der Waals surface area (Å²) < 4.78 is 71.8. The average molecular weight is 385 g/mol. The van der Waals surface area contributed by atoms with Gasteiger partial charge >= 0.3 is 12.1 Å². The van der Waals surface area contributed by atoms with Crippen LogP contribution in [-0.2, 0) is 15.9 Å². The summed E-state index contributed by atoms with van der Waals surface area (Å²) in [6.45, 7) is 0. The van der Waals surface area contributed by atoms with Gasteiger partial charge in [-0.15, -0.1) is 0 Å². The number of rotatable bonds is 3. The van der Waals surface area contributed by atoms with Crippen LogP contribution < -0.4 is 0 Å². The first-order chi connectivity index (χ1) is 12.1. The lowest BCUT2D eigenvalue weighted by atomic mass is 10.2. The lowest BCUT2D eigenvalue weighted by molar-refractivity contribution is -0.159. The van der Waals surface area contributed by atoms with E-state index in [2.05, 4.69) is 19.0 Å². The van der Waals surface area contributed by atoms with E-state index in [4.69, 9.17) is 0 Å². The fraction of sp³-hybridized carbons (Fsp3) is 0.125. The maximum atomic E-state index is 13.0. The van der Waals surface area contributed by atoms with E-state index in [9.17, 15) is 21.8 Å². The monoisotopic (exact) mass is 385 g/mol. The summed E-state index contributed by atoms with van der Waals surface area (Å²) in [5, 5.41) is 3.30. The van der Waals surface area contributed by atoms with E-state index in [1.54, 1.807) is 0 Å². The molecule has 3 rings (SSSR count). The van der Waals surface area contributed by atoms with Gasteiger partial charge in [0.2, 0.25) is 5.82 Å². The molecule has 5 nitrogen and oxygen atoms in total. The number of hydrogen-bond donors (Lipinski definition) is 0. The Kier molecular flexibility index (Phi) is 4.53. The third-order valence-electron chi connectivity index (χ3n) is 3.30. The van der Waals surface area contributed by atoms with Gasteiger partial charge in [-0.3, -0.25) is 0 Å². The highest BCUT2D eigenvalue weighted by Crippen LogP contribution is 2.30. The van der Waals surface area contributed by atoms with Crippen molar-refractivity contribution < 1.29 is 26.3 Å². The van der Waals surface area contributed by atoms with Crippen LogP contribution in [0.1, 0.15) is 5.89 Å². The van der Waals surface area contributed by atoms with Gasteiger partial charge in [0.05, 0.1) is 15.4 Å². The maximum absolute atomic E-state index is 13.0. The topological polar surface area (TPSA) is 68.3 Å². The highest BCUT2D eigenvalue weighted by Gasteiger charge is 2.38. The standard InChI is InChI=1S/C16H11F4N3O2S/c1-26(24,13-7-5-11(17)6-8-13)23-12-4-2-3-10(9-12)14-21-15(25-22-14)16(18,19)20/h2-9H,1H3. The summed E-state index contributed by atoms with van der Waals surface area (Å²) in [5.41, 5.74) is 0.470. The molecule has 10 heteroatoms. The van der Waals surface area contributed by atoms with Crippen molar-refractivity contribution in [2.75, 3.05) is 6.26 Å². The van der Waals surface area contributed by atoms with Crippen molar-refractivity contribution in [3.8, 4) is 11.4 Å². The molecular formula is C16H11F4N3O2S. The Hall–Kier alpha value is -2.75. The highest BCUT2D eigenvalue weighted by molar-refractivity contribution is 7.93. The minimum Gasteiger partial charge on any atom is -0.329 e. The fourth-order valence-electron chi connectivity index (χ4n) is 2.10. The van der Waals surface area contributed by atoms with Crippen LogP contribution in [0, 0.1) is 5.82 Å². The van der Waals surface area contributed by atoms with E-state index in [0.29, 0.717) is 4.90 Å².